The summed E-state index contributed by atoms with van der Waals surface area (Å²) in [5.74, 6) is -0.954. The van der Waals surface area contributed by atoms with E-state index in [4.69, 9.17) is 4.84 Å². The lowest BCUT2D eigenvalue weighted by Gasteiger charge is -2.19. The molecular weight excluding hydrogens is 563 g/mol. The summed E-state index contributed by atoms with van der Waals surface area (Å²) in [6.07, 6.45) is -4.51. The van der Waals surface area contributed by atoms with Gasteiger partial charge in [0.2, 0.25) is 0 Å². The van der Waals surface area contributed by atoms with Crippen molar-refractivity contribution in [1.82, 2.24) is 15.7 Å². The van der Waals surface area contributed by atoms with E-state index in [2.05, 4.69) is 10.6 Å². The SMILES string of the molecule is CON(C)C(=O)[C@H](C)NCC(=O)c1ccccc1.Cc1cc(C(=O)[C@H](C)NCC(=O)c2ccccc2)cc(C(F)(F)F)c1. The highest BCUT2D eigenvalue weighted by atomic mass is 19.4. The van der Waals surface area contributed by atoms with Crippen LogP contribution in [0.25, 0.3) is 0 Å². The molecule has 3 aromatic rings. The molecule has 0 radical (unpaired) electrons. The van der Waals surface area contributed by atoms with E-state index in [9.17, 15) is 32.3 Å². The number of carbonyl (C=O) groups excluding carboxylic acids is 4. The van der Waals surface area contributed by atoms with Gasteiger partial charge >= 0.3 is 6.18 Å². The van der Waals surface area contributed by atoms with E-state index in [0.29, 0.717) is 16.7 Å². The Hall–Kier alpha value is -4.19. The van der Waals surface area contributed by atoms with Crippen LogP contribution in [-0.2, 0) is 15.8 Å². The third-order valence-corrected chi connectivity index (χ3v) is 6.37. The van der Waals surface area contributed by atoms with Gasteiger partial charge in [-0.1, -0.05) is 60.7 Å². The van der Waals surface area contributed by atoms with Gasteiger partial charge < -0.3 is 5.32 Å². The summed E-state index contributed by atoms with van der Waals surface area (Å²) in [7, 11) is 2.94. The molecule has 2 N–H and O–H groups in total. The second-order valence-electron chi connectivity index (χ2n) is 9.75. The lowest BCUT2D eigenvalue weighted by atomic mass is 9.99. The molecule has 0 spiro atoms. The fourth-order valence-electron chi connectivity index (χ4n) is 3.83. The van der Waals surface area contributed by atoms with Crippen LogP contribution in [0.15, 0.2) is 78.9 Å². The average molecular weight is 600 g/mol. The molecule has 0 bridgehead atoms. The number of nitrogens with one attached hydrogen (secondary N) is 2. The van der Waals surface area contributed by atoms with Gasteiger partial charge in [0, 0.05) is 23.7 Å². The van der Waals surface area contributed by atoms with Crippen molar-refractivity contribution in [2.24, 2.45) is 0 Å². The number of amides is 1. The summed E-state index contributed by atoms with van der Waals surface area (Å²) in [6.45, 7) is 4.76. The van der Waals surface area contributed by atoms with E-state index in [0.717, 1.165) is 17.2 Å². The van der Waals surface area contributed by atoms with Crippen LogP contribution < -0.4 is 10.6 Å². The van der Waals surface area contributed by atoms with Crippen LogP contribution in [0.1, 0.15) is 56.0 Å². The number of hydrogen-bond donors (Lipinski definition) is 2. The van der Waals surface area contributed by atoms with Crippen LogP contribution in [-0.4, -0.2) is 67.7 Å². The van der Waals surface area contributed by atoms with Gasteiger partial charge in [-0.05, 0) is 44.5 Å². The number of halogens is 3. The molecule has 0 fully saturated rings. The Morgan fingerprint density at radius 1 is 0.767 bits per heavy atom. The zero-order chi connectivity index (χ0) is 32.2. The van der Waals surface area contributed by atoms with E-state index >= 15 is 0 Å². The number of alkyl halides is 3. The van der Waals surface area contributed by atoms with Crippen molar-refractivity contribution >= 4 is 23.3 Å². The zero-order valence-electron chi connectivity index (χ0n) is 24.7. The Balaban J connectivity index is 0.000000317. The Bertz CT molecular complexity index is 1380. The maximum Gasteiger partial charge on any atom is 0.416 e. The fraction of sp³-hybridized carbons (Fsp3) is 0.312. The van der Waals surface area contributed by atoms with E-state index < -0.39 is 29.6 Å². The standard InChI is InChI=1S/C19H18F3NO2.C13H18N2O3/c1-12-8-15(10-16(9-12)19(20,21)22)18(25)13(2)23-11-17(24)14-6-4-3-5-7-14;1-10(13(17)15(2)18-3)14-9-12(16)11-7-5-4-6-8-11/h3-10,13,23H,11H2,1-2H3;4-8,10,14H,9H2,1-3H3/t13-;10-/m00/s1. The van der Waals surface area contributed by atoms with Crippen molar-refractivity contribution in [3.8, 4) is 0 Å². The van der Waals surface area contributed by atoms with Crippen LogP contribution in [0.3, 0.4) is 0 Å². The molecule has 3 rings (SSSR count). The van der Waals surface area contributed by atoms with Crippen LogP contribution in [0, 0.1) is 6.92 Å². The number of aryl methyl sites for hydroxylation is 1. The predicted octanol–water partition coefficient (Wildman–Crippen LogP) is 4.92. The minimum absolute atomic E-state index is 0.0283. The number of carbonyl (C=O) groups is 4. The molecular formula is C32H36F3N3O5. The number of ketones is 3. The maximum atomic E-state index is 12.9. The van der Waals surface area contributed by atoms with E-state index in [1.54, 1.807) is 61.5 Å². The molecule has 0 aliphatic carbocycles. The van der Waals surface area contributed by atoms with Crippen molar-refractivity contribution in [1.29, 1.82) is 0 Å². The Kier molecular flexibility index (Phi) is 13.4. The molecule has 0 aliphatic heterocycles. The molecule has 0 heterocycles. The number of rotatable bonds is 12. The zero-order valence-corrected chi connectivity index (χ0v) is 24.7. The van der Waals surface area contributed by atoms with Gasteiger partial charge in [-0.25, -0.2) is 5.06 Å². The van der Waals surface area contributed by atoms with Crippen molar-refractivity contribution < 1.29 is 37.2 Å². The highest BCUT2D eigenvalue weighted by Crippen LogP contribution is 2.30. The van der Waals surface area contributed by atoms with Gasteiger partial charge in [0.05, 0.1) is 37.8 Å². The Morgan fingerprint density at radius 3 is 1.67 bits per heavy atom. The number of likely N-dealkylation sites (N-methyl/N-ethyl adjacent to an activating group) is 1. The van der Waals surface area contributed by atoms with Crippen LogP contribution >= 0.6 is 0 Å². The molecule has 11 heteroatoms. The first-order valence-electron chi connectivity index (χ1n) is 13.4. The normalized spacial score (nSPS) is 12.4. The van der Waals surface area contributed by atoms with E-state index in [1.165, 1.54) is 34.1 Å². The summed E-state index contributed by atoms with van der Waals surface area (Å²) < 4.78 is 38.6. The number of nitrogens with zero attached hydrogens (tertiary/aromatic N) is 1. The van der Waals surface area contributed by atoms with Gasteiger partial charge in [0.15, 0.2) is 17.3 Å². The lowest BCUT2D eigenvalue weighted by molar-refractivity contribution is -0.170. The van der Waals surface area contributed by atoms with Crippen molar-refractivity contribution in [3.05, 3.63) is 107 Å². The average Bonchev–Trinajstić information content (AvgIpc) is 3.01. The molecule has 230 valence electrons. The monoisotopic (exact) mass is 599 g/mol. The molecule has 2 atom stereocenters. The molecule has 3 aromatic carbocycles. The first-order chi connectivity index (χ1) is 20.2. The molecule has 1 amide bonds. The van der Waals surface area contributed by atoms with Crippen LogP contribution in [0.2, 0.25) is 0 Å². The largest absolute Gasteiger partial charge is 0.416 e. The number of hydroxylamine groups is 2. The van der Waals surface area contributed by atoms with Gasteiger partial charge in [-0.3, -0.25) is 29.3 Å². The topological polar surface area (TPSA) is 105 Å². The van der Waals surface area contributed by atoms with E-state index in [-0.39, 0.29) is 36.1 Å². The lowest BCUT2D eigenvalue weighted by Crippen LogP contribution is -2.44. The molecule has 43 heavy (non-hydrogen) atoms. The third kappa shape index (κ3) is 11.2. The van der Waals surface area contributed by atoms with Crippen LogP contribution in [0.4, 0.5) is 13.2 Å². The Morgan fingerprint density at radius 2 is 1.23 bits per heavy atom. The smallest absolute Gasteiger partial charge is 0.300 e. The molecule has 8 nitrogen and oxygen atoms in total. The first kappa shape index (κ1) is 35.0. The predicted molar refractivity (Wildman–Crippen MR) is 157 cm³/mol. The van der Waals surface area contributed by atoms with Gasteiger partial charge in [-0.15, -0.1) is 0 Å². The highest BCUT2D eigenvalue weighted by Gasteiger charge is 2.32. The summed E-state index contributed by atoms with van der Waals surface area (Å²) in [5.41, 5.74) is 0.600. The van der Waals surface area contributed by atoms with Crippen molar-refractivity contribution in [2.75, 3.05) is 27.2 Å². The molecule has 0 aromatic heterocycles. The minimum Gasteiger partial charge on any atom is -0.300 e. The number of benzene rings is 3. The second-order valence-corrected chi connectivity index (χ2v) is 9.75. The van der Waals surface area contributed by atoms with Gasteiger partial charge in [0.1, 0.15) is 0 Å². The van der Waals surface area contributed by atoms with Crippen molar-refractivity contribution in [3.63, 3.8) is 0 Å². The summed E-state index contributed by atoms with van der Waals surface area (Å²) in [4.78, 5) is 52.6. The van der Waals surface area contributed by atoms with Crippen LogP contribution in [0.5, 0.6) is 0 Å². The highest BCUT2D eigenvalue weighted by molar-refractivity contribution is 6.01. The molecule has 0 unspecified atom stereocenters. The molecule has 0 aliphatic rings. The molecule has 0 saturated heterocycles. The summed E-state index contributed by atoms with van der Waals surface area (Å²) >= 11 is 0. The quantitative estimate of drug-likeness (QED) is 0.225. The fourth-order valence-corrected chi connectivity index (χ4v) is 3.83. The van der Waals surface area contributed by atoms with Gasteiger partial charge in [-0.2, -0.15) is 13.2 Å². The Labute approximate surface area is 249 Å². The first-order valence-corrected chi connectivity index (χ1v) is 13.4. The van der Waals surface area contributed by atoms with E-state index in [1.807, 2.05) is 6.07 Å². The second kappa shape index (κ2) is 16.4. The number of Topliss-reactive ketones (excluding diaryl/α,β-unsaturated/α-hetero) is 3. The number of hydrogen-bond acceptors (Lipinski definition) is 7. The summed E-state index contributed by atoms with van der Waals surface area (Å²) in [6, 6.07) is 19.5. The maximum absolute atomic E-state index is 12.9. The minimum atomic E-state index is -4.51. The summed E-state index contributed by atoms with van der Waals surface area (Å²) in [5, 5.41) is 6.78. The third-order valence-electron chi connectivity index (χ3n) is 6.37. The van der Waals surface area contributed by atoms with Gasteiger partial charge in [0.25, 0.3) is 5.91 Å². The molecule has 0 saturated carbocycles. The van der Waals surface area contributed by atoms with Crippen molar-refractivity contribution in [2.45, 2.75) is 39.0 Å².